The molecule has 0 bridgehead atoms. The number of nitrogens with zero attached hydrogens (tertiary/aromatic N) is 3. The summed E-state index contributed by atoms with van der Waals surface area (Å²) in [5.74, 6) is 0. The maximum Gasteiger partial charge on any atom is 0.292 e. The van der Waals surface area contributed by atoms with Crippen LogP contribution in [0.4, 0.5) is 11.4 Å². The zero-order chi connectivity index (χ0) is 13.8. The third-order valence-corrected chi connectivity index (χ3v) is 2.74. The van der Waals surface area contributed by atoms with E-state index in [1.165, 1.54) is 0 Å². The Labute approximate surface area is 114 Å². The van der Waals surface area contributed by atoms with Gasteiger partial charge in [0.25, 0.3) is 5.56 Å². The Morgan fingerprint density at radius 3 is 2.40 bits per heavy atom. The average molecular weight is 265 g/mol. The fraction of sp³-hybridized carbons (Fsp3) is 0. The largest absolute Gasteiger partial charge is 0.295 e. The van der Waals surface area contributed by atoms with E-state index >= 15 is 0 Å². The van der Waals surface area contributed by atoms with E-state index in [1.54, 1.807) is 24.5 Å². The lowest BCUT2D eigenvalue weighted by Crippen LogP contribution is -1.96. The molecule has 0 radical (unpaired) electrons. The topological polar surface area (TPSA) is 86.3 Å². The Balaban J connectivity index is 2.01. The number of rotatable bonds is 3. The van der Waals surface area contributed by atoms with Gasteiger partial charge in [0.1, 0.15) is 0 Å². The van der Waals surface area contributed by atoms with Gasteiger partial charge in [-0.1, -0.05) is 30.3 Å². The van der Waals surface area contributed by atoms with Crippen molar-refractivity contribution in [3.63, 3.8) is 0 Å². The van der Waals surface area contributed by atoms with Gasteiger partial charge in [0.15, 0.2) is 5.69 Å². The fourth-order valence-electron chi connectivity index (χ4n) is 1.78. The molecule has 2 aromatic heterocycles. The van der Waals surface area contributed by atoms with Crippen LogP contribution in [-0.4, -0.2) is 15.2 Å². The van der Waals surface area contributed by atoms with Crippen LogP contribution in [0.25, 0.3) is 11.3 Å². The second-order valence-corrected chi connectivity index (χ2v) is 4.07. The maximum absolute atomic E-state index is 11.8. The van der Waals surface area contributed by atoms with Gasteiger partial charge < -0.3 is 0 Å². The van der Waals surface area contributed by atoms with Crippen LogP contribution in [0.3, 0.4) is 0 Å². The first-order valence-corrected chi connectivity index (χ1v) is 6.02. The van der Waals surface area contributed by atoms with Crippen molar-refractivity contribution in [2.45, 2.75) is 0 Å². The highest BCUT2D eigenvalue weighted by molar-refractivity contribution is 5.70. The first kappa shape index (κ1) is 12.0. The van der Waals surface area contributed by atoms with E-state index in [-0.39, 0.29) is 11.2 Å². The molecular weight excluding hydrogens is 254 g/mol. The smallest absolute Gasteiger partial charge is 0.292 e. The van der Waals surface area contributed by atoms with Crippen LogP contribution in [0.2, 0.25) is 0 Å². The molecule has 3 rings (SSSR count). The number of nitrogens with one attached hydrogen (secondary N) is 2. The number of azo groups is 1. The van der Waals surface area contributed by atoms with Gasteiger partial charge in [0.2, 0.25) is 0 Å². The summed E-state index contributed by atoms with van der Waals surface area (Å²) in [7, 11) is 0. The zero-order valence-corrected chi connectivity index (χ0v) is 10.4. The van der Waals surface area contributed by atoms with Gasteiger partial charge in [0, 0.05) is 18.0 Å². The van der Waals surface area contributed by atoms with Gasteiger partial charge in [0.05, 0.1) is 11.4 Å². The van der Waals surface area contributed by atoms with Crippen molar-refractivity contribution in [3.05, 3.63) is 65.2 Å². The van der Waals surface area contributed by atoms with Crippen molar-refractivity contribution in [2.24, 2.45) is 10.2 Å². The van der Waals surface area contributed by atoms with E-state index in [9.17, 15) is 4.79 Å². The van der Waals surface area contributed by atoms with E-state index in [0.29, 0.717) is 11.4 Å². The van der Waals surface area contributed by atoms with Crippen molar-refractivity contribution >= 4 is 11.4 Å². The van der Waals surface area contributed by atoms with Gasteiger partial charge in [-0.25, -0.2) is 0 Å². The highest BCUT2D eigenvalue weighted by Crippen LogP contribution is 2.25. The second-order valence-electron chi connectivity index (χ2n) is 4.07. The minimum Gasteiger partial charge on any atom is -0.295 e. The predicted molar refractivity (Wildman–Crippen MR) is 75.3 cm³/mol. The molecule has 0 spiro atoms. The van der Waals surface area contributed by atoms with Gasteiger partial charge >= 0.3 is 0 Å². The maximum atomic E-state index is 11.8. The van der Waals surface area contributed by atoms with Crippen molar-refractivity contribution in [1.29, 1.82) is 0 Å². The Kier molecular flexibility index (Phi) is 3.20. The molecule has 0 unspecified atom stereocenters. The Morgan fingerprint density at radius 2 is 1.65 bits per heavy atom. The summed E-state index contributed by atoms with van der Waals surface area (Å²) >= 11 is 0. The van der Waals surface area contributed by atoms with Crippen molar-refractivity contribution in [1.82, 2.24) is 15.2 Å². The average Bonchev–Trinajstić information content (AvgIpc) is 2.88. The number of H-pyrrole nitrogens is 2. The summed E-state index contributed by atoms with van der Waals surface area (Å²) in [4.78, 5) is 15.7. The number of pyridine rings is 1. The summed E-state index contributed by atoms with van der Waals surface area (Å²) in [6.07, 6.45) is 3.24. The van der Waals surface area contributed by atoms with E-state index in [0.717, 1.165) is 5.56 Å². The lowest BCUT2D eigenvalue weighted by atomic mass is 10.1. The number of aromatic nitrogens is 3. The van der Waals surface area contributed by atoms with Gasteiger partial charge in [-0.2, -0.15) is 5.11 Å². The minimum atomic E-state index is -0.304. The molecule has 0 aliphatic rings. The molecule has 0 amide bonds. The Hall–Kier alpha value is -3.02. The van der Waals surface area contributed by atoms with Crippen LogP contribution >= 0.6 is 0 Å². The summed E-state index contributed by atoms with van der Waals surface area (Å²) in [5.41, 5.74) is 2.08. The predicted octanol–water partition coefficient (Wildman–Crippen LogP) is 3.18. The van der Waals surface area contributed by atoms with Crippen molar-refractivity contribution in [3.8, 4) is 11.3 Å². The summed E-state index contributed by atoms with van der Waals surface area (Å²) in [6.45, 7) is 0. The number of hydrogen-bond donors (Lipinski definition) is 2. The molecule has 0 fully saturated rings. The Morgan fingerprint density at radius 1 is 0.900 bits per heavy atom. The molecule has 2 heterocycles. The summed E-state index contributed by atoms with van der Waals surface area (Å²) in [6, 6.07) is 12.9. The van der Waals surface area contributed by atoms with E-state index in [1.807, 2.05) is 30.3 Å². The summed E-state index contributed by atoms with van der Waals surface area (Å²) < 4.78 is 0. The van der Waals surface area contributed by atoms with E-state index < -0.39 is 0 Å². The number of aromatic amines is 2. The molecule has 0 saturated carbocycles. The molecule has 0 aliphatic carbocycles. The first-order valence-electron chi connectivity index (χ1n) is 6.02. The van der Waals surface area contributed by atoms with Crippen LogP contribution in [0.5, 0.6) is 0 Å². The Bertz CT molecular complexity index is 774. The molecule has 20 heavy (non-hydrogen) atoms. The molecule has 1 aromatic carbocycles. The van der Waals surface area contributed by atoms with Crippen LogP contribution in [0.15, 0.2) is 69.9 Å². The minimum absolute atomic E-state index is 0.257. The van der Waals surface area contributed by atoms with Gasteiger partial charge in [-0.3, -0.25) is 20.0 Å². The van der Waals surface area contributed by atoms with Crippen molar-refractivity contribution in [2.75, 3.05) is 0 Å². The third-order valence-electron chi connectivity index (χ3n) is 2.74. The molecule has 0 atom stereocenters. The molecule has 98 valence electrons. The molecule has 6 nitrogen and oxygen atoms in total. The standard InChI is InChI=1S/C14H11N5O/c20-14-13(18-16-11-6-8-15-9-7-11)12(17-19-14)10-4-2-1-3-5-10/h1-9H,(H2,17,19,20). The lowest BCUT2D eigenvalue weighted by molar-refractivity contribution is 1.06. The van der Waals surface area contributed by atoms with Crippen LogP contribution in [0.1, 0.15) is 0 Å². The second kappa shape index (κ2) is 5.31. The molecule has 2 N–H and O–H groups in total. The van der Waals surface area contributed by atoms with Crippen LogP contribution in [-0.2, 0) is 0 Å². The lowest BCUT2D eigenvalue weighted by Gasteiger charge is -1.97. The van der Waals surface area contributed by atoms with Crippen molar-refractivity contribution < 1.29 is 0 Å². The fourth-order valence-corrected chi connectivity index (χ4v) is 1.78. The monoisotopic (exact) mass is 265 g/mol. The van der Waals surface area contributed by atoms with Crippen LogP contribution in [0, 0.1) is 0 Å². The van der Waals surface area contributed by atoms with E-state index in [4.69, 9.17) is 0 Å². The van der Waals surface area contributed by atoms with Crippen LogP contribution < -0.4 is 5.56 Å². The number of hydrogen-bond acceptors (Lipinski definition) is 4. The highest BCUT2D eigenvalue weighted by atomic mass is 16.1. The quantitative estimate of drug-likeness (QED) is 0.712. The normalized spacial score (nSPS) is 11.0. The molecule has 3 aromatic rings. The molecule has 0 saturated heterocycles. The number of benzene rings is 1. The van der Waals surface area contributed by atoms with Gasteiger partial charge in [-0.05, 0) is 12.1 Å². The van der Waals surface area contributed by atoms with Gasteiger partial charge in [-0.15, -0.1) is 5.11 Å². The third kappa shape index (κ3) is 2.39. The zero-order valence-electron chi connectivity index (χ0n) is 10.4. The SMILES string of the molecule is O=c1[nH][nH]c(-c2ccccc2)c1N=Nc1ccncc1. The summed E-state index contributed by atoms with van der Waals surface area (Å²) in [5, 5.41) is 13.4. The molecule has 0 aliphatic heterocycles. The first-order chi connectivity index (χ1) is 9.84. The highest BCUT2D eigenvalue weighted by Gasteiger charge is 2.10. The molecule has 6 heteroatoms. The van der Waals surface area contributed by atoms with E-state index in [2.05, 4.69) is 25.4 Å². The molecular formula is C14H11N5O.